The van der Waals surface area contributed by atoms with E-state index in [-0.39, 0.29) is 0 Å². The molecule has 3 aromatic heterocycles. The van der Waals surface area contributed by atoms with Crippen LogP contribution in [0, 0.1) is 0 Å². The van der Waals surface area contributed by atoms with E-state index in [2.05, 4.69) is 25.5 Å². The van der Waals surface area contributed by atoms with Gasteiger partial charge in [0.1, 0.15) is 5.82 Å². The number of rotatable bonds is 2. The van der Waals surface area contributed by atoms with Crippen molar-refractivity contribution in [1.82, 2.24) is 34.6 Å². The van der Waals surface area contributed by atoms with Crippen molar-refractivity contribution in [3.63, 3.8) is 0 Å². The highest BCUT2D eigenvalue weighted by Gasteiger charge is 2.12. The van der Waals surface area contributed by atoms with Gasteiger partial charge in [0.05, 0.1) is 12.4 Å². The molecule has 8 heteroatoms. The van der Waals surface area contributed by atoms with E-state index in [0.29, 0.717) is 17.2 Å². The SMILES string of the molecule is Nc1cccc(-c2nccn2-c2cncc3nnnn23)c1. The zero-order valence-corrected chi connectivity index (χ0v) is 10.8. The Morgan fingerprint density at radius 2 is 2.10 bits per heavy atom. The van der Waals surface area contributed by atoms with Crippen molar-refractivity contribution < 1.29 is 0 Å². The molecular formula is C13H10N8. The fraction of sp³-hybridized carbons (Fsp3) is 0. The van der Waals surface area contributed by atoms with Gasteiger partial charge in [-0.05, 0) is 22.6 Å². The first-order valence-electron chi connectivity index (χ1n) is 6.25. The van der Waals surface area contributed by atoms with E-state index < -0.39 is 0 Å². The lowest BCUT2D eigenvalue weighted by Gasteiger charge is -2.08. The van der Waals surface area contributed by atoms with Gasteiger partial charge < -0.3 is 5.73 Å². The molecule has 21 heavy (non-hydrogen) atoms. The maximum atomic E-state index is 5.84. The number of hydrogen-bond donors (Lipinski definition) is 1. The Kier molecular flexibility index (Phi) is 2.40. The molecule has 0 amide bonds. The molecule has 0 fully saturated rings. The average Bonchev–Trinajstić information content (AvgIpc) is 3.16. The third-order valence-corrected chi connectivity index (χ3v) is 3.12. The second-order valence-electron chi connectivity index (χ2n) is 4.46. The summed E-state index contributed by atoms with van der Waals surface area (Å²) >= 11 is 0. The zero-order valence-electron chi connectivity index (χ0n) is 10.8. The quantitative estimate of drug-likeness (QED) is 0.548. The van der Waals surface area contributed by atoms with Gasteiger partial charge in [-0.2, -0.15) is 4.52 Å². The average molecular weight is 278 g/mol. The maximum absolute atomic E-state index is 5.84. The molecule has 0 atom stereocenters. The molecule has 3 heterocycles. The van der Waals surface area contributed by atoms with Gasteiger partial charge in [-0.15, -0.1) is 5.10 Å². The molecule has 0 bridgehead atoms. The molecule has 0 saturated heterocycles. The molecule has 0 aliphatic heterocycles. The second-order valence-corrected chi connectivity index (χ2v) is 4.46. The minimum Gasteiger partial charge on any atom is -0.399 e. The fourth-order valence-corrected chi connectivity index (χ4v) is 2.21. The molecule has 1 aromatic carbocycles. The zero-order chi connectivity index (χ0) is 14.2. The lowest BCUT2D eigenvalue weighted by atomic mass is 10.2. The smallest absolute Gasteiger partial charge is 0.199 e. The normalized spacial score (nSPS) is 11.0. The molecule has 0 aliphatic carbocycles. The number of fused-ring (bicyclic) bond motifs is 1. The summed E-state index contributed by atoms with van der Waals surface area (Å²) in [5, 5.41) is 11.5. The van der Waals surface area contributed by atoms with Crippen LogP contribution in [0.2, 0.25) is 0 Å². The minimum atomic E-state index is 0.569. The summed E-state index contributed by atoms with van der Waals surface area (Å²) < 4.78 is 3.47. The number of aromatic nitrogens is 7. The van der Waals surface area contributed by atoms with Crippen molar-refractivity contribution in [2.75, 3.05) is 5.73 Å². The summed E-state index contributed by atoms with van der Waals surface area (Å²) in [6.45, 7) is 0. The van der Waals surface area contributed by atoms with Crippen LogP contribution < -0.4 is 5.73 Å². The van der Waals surface area contributed by atoms with Gasteiger partial charge in [0.15, 0.2) is 11.5 Å². The molecule has 0 saturated carbocycles. The van der Waals surface area contributed by atoms with E-state index in [4.69, 9.17) is 5.73 Å². The molecule has 2 N–H and O–H groups in total. The Hall–Kier alpha value is -3.29. The summed E-state index contributed by atoms with van der Waals surface area (Å²) in [6.07, 6.45) is 6.82. The summed E-state index contributed by atoms with van der Waals surface area (Å²) in [4.78, 5) is 8.55. The molecule has 4 aromatic rings. The number of nitrogen functional groups attached to an aromatic ring is 1. The number of benzene rings is 1. The van der Waals surface area contributed by atoms with Crippen LogP contribution in [0.3, 0.4) is 0 Å². The van der Waals surface area contributed by atoms with Gasteiger partial charge in [-0.25, -0.2) is 4.98 Å². The molecule has 4 rings (SSSR count). The third-order valence-electron chi connectivity index (χ3n) is 3.12. The van der Waals surface area contributed by atoms with Crippen molar-refractivity contribution >= 4 is 11.3 Å². The van der Waals surface area contributed by atoms with Gasteiger partial charge in [0.25, 0.3) is 0 Å². The molecular weight excluding hydrogens is 268 g/mol. The predicted molar refractivity (Wildman–Crippen MR) is 75.5 cm³/mol. The van der Waals surface area contributed by atoms with Crippen LogP contribution >= 0.6 is 0 Å². The number of nitrogens with zero attached hydrogens (tertiary/aromatic N) is 7. The van der Waals surface area contributed by atoms with E-state index in [9.17, 15) is 0 Å². The van der Waals surface area contributed by atoms with E-state index >= 15 is 0 Å². The van der Waals surface area contributed by atoms with Gasteiger partial charge >= 0.3 is 0 Å². The van der Waals surface area contributed by atoms with Gasteiger partial charge in [-0.1, -0.05) is 12.1 Å². The minimum absolute atomic E-state index is 0.569. The van der Waals surface area contributed by atoms with Crippen molar-refractivity contribution in [2.45, 2.75) is 0 Å². The van der Waals surface area contributed by atoms with Crippen LogP contribution in [-0.2, 0) is 0 Å². The van der Waals surface area contributed by atoms with Crippen LogP contribution in [0.1, 0.15) is 0 Å². The number of anilines is 1. The molecule has 102 valence electrons. The summed E-state index contributed by atoms with van der Waals surface area (Å²) in [7, 11) is 0. The van der Waals surface area contributed by atoms with Crippen LogP contribution in [0.4, 0.5) is 5.69 Å². The molecule has 8 nitrogen and oxygen atoms in total. The molecule has 0 spiro atoms. The summed E-state index contributed by atoms with van der Waals surface area (Å²) in [6, 6.07) is 7.54. The Morgan fingerprint density at radius 1 is 1.14 bits per heavy atom. The Labute approximate surface area is 118 Å². The number of tetrazole rings is 1. The monoisotopic (exact) mass is 278 g/mol. The molecule has 0 unspecified atom stereocenters. The first-order chi connectivity index (χ1) is 10.3. The summed E-state index contributed by atoms with van der Waals surface area (Å²) in [5.41, 5.74) is 8.00. The van der Waals surface area contributed by atoms with E-state index in [1.165, 1.54) is 0 Å². The van der Waals surface area contributed by atoms with Crippen molar-refractivity contribution in [3.05, 3.63) is 49.1 Å². The molecule has 0 radical (unpaired) electrons. The standard InChI is InChI=1S/C13H10N8/c14-10-3-1-2-9(6-10)13-16-4-5-20(13)12-8-15-7-11-17-18-19-21(11)12/h1-8H,14H2. The highest BCUT2D eigenvalue weighted by atomic mass is 15.5. The lowest BCUT2D eigenvalue weighted by Crippen LogP contribution is -2.05. The van der Waals surface area contributed by atoms with Gasteiger partial charge in [0, 0.05) is 23.6 Å². The second kappa shape index (κ2) is 4.37. The van der Waals surface area contributed by atoms with Crippen molar-refractivity contribution in [2.24, 2.45) is 0 Å². The summed E-state index contributed by atoms with van der Waals surface area (Å²) in [5.74, 6) is 1.44. The largest absolute Gasteiger partial charge is 0.399 e. The first kappa shape index (κ1) is 11.5. The first-order valence-corrected chi connectivity index (χ1v) is 6.25. The third kappa shape index (κ3) is 1.81. The van der Waals surface area contributed by atoms with E-state index in [0.717, 1.165) is 11.4 Å². The topological polar surface area (TPSA) is 99.8 Å². The van der Waals surface area contributed by atoms with Crippen molar-refractivity contribution in [1.29, 1.82) is 0 Å². The van der Waals surface area contributed by atoms with Crippen LogP contribution in [-0.4, -0.2) is 34.6 Å². The highest BCUT2D eigenvalue weighted by molar-refractivity contribution is 5.63. The Balaban J connectivity index is 1.95. The number of nitrogens with two attached hydrogens (primary N) is 1. The Morgan fingerprint density at radius 3 is 3.00 bits per heavy atom. The van der Waals surface area contributed by atoms with E-state index in [1.54, 1.807) is 23.1 Å². The predicted octanol–water partition coefficient (Wildman–Crippen LogP) is 0.954. The van der Waals surface area contributed by atoms with Crippen LogP contribution in [0.15, 0.2) is 49.1 Å². The van der Waals surface area contributed by atoms with Crippen LogP contribution in [0.25, 0.3) is 22.9 Å². The Bertz CT molecular complexity index is 922. The number of imidazole rings is 1. The highest BCUT2D eigenvalue weighted by Crippen LogP contribution is 2.22. The fourth-order valence-electron chi connectivity index (χ4n) is 2.21. The van der Waals surface area contributed by atoms with Crippen LogP contribution in [0.5, 0.6) is 0 Å². The van der Waals surface area contributed by atoms with E-state index in [1.807, 2.05) is 35.0 Å². The van der Waals surface area contributed by atoms with Gasteiger partial charge in [0.2, 0.25) is 0 Å². The number of hydrogen-bond acceptors (Lipinski definition) is 6. The maximum Gasteiger partial charge on any atom is 0.199 e. The van der Waals surface area contributed by atoms with Gasteiger partial charge in [-0.3, -0.25) is 9.55 Å². The lowest BCUT2D eigenvalue weighted by molar-refractivity contribution is 0.787. The molecule has 0 aliphatic rings. The van der Waals surface area contributed by atoms with Crippen molar-refractivity contribution in [3.8, 4) is 17.2 Å².